The van der Waals surface area contributed by atoms with Crippen molar-refractivity contribution in [3.63, 3.8) is 0 Å². The van der Waals surface area contributed by atoms with Crippen LogP contribution in [0, 0.1) is 0 Å². The molecule has 18 heavy (non-hydrogen) atoms. The third-order valence-electron chi connectivity index (χ3n) is 3.97. The average molecular weight is 251 g/mol. The van der Waals surface area contributed by atoms with Crippen molar-refractivity contribution >= 4 is 0 Å². The Morgan fingerprint density at radius 3 is 2.44 bits per heavy atom. The van der Waals surface area contributed by atoms with Crippen molar-refractivity contribution in [2.24, 2.45) is 0 Å². The summed E-state index contributed by atoms with van der Waals surface area (Å²) in [7, 11) is 1.94. The molecule has 1 aliphatic rings. The highest BCUT2D eigenvalue weighted by molar-refractivity contribution is 4.95. The van der Waals surface area contributed by atoms with Crippen LogP contribution in [0.5, 0.6) is 0 Å². The molecule has 1 aliphatic carbocycles. The summed E-state index contributed by atoms with van der Waals surface area (Å²) in [6.07, 6.45) is 10.1. The molecule has 1 aromatic rings. The number of hydrogen-bond donors (Lipinski definition) is 1. The van der Waals surface area contributed by atoms with Crippen LogP contribution in [-0.4, -0.2) is 17.2 Å². The highest BCUT2D eigenvalue weighted by Crippen LogP contribution is 2.30. The third-order valence-corrected chi connectivity index (χ3v) is 3.97. The molecule has 1 N–H and O–H groups in total. The van der Waals surface area contributed by atoms with Crippen LogP contribution in [0.25, 0.3) is 0 Å². The van der Waals surface area contributed by atoms with Crippen molar-refractivity contribution in [2.45, 2.75) is 70.3 Å². The number of hydrogen-bond acceptors (Lipinski definition) is 4. The molecule has 1 saturated carbocycles. The lowest BCUT2D eigenvalue weighted by Crippen LogP contribution is -2.15. The van der Waals surface area contributed by atoms with E-state index in [2.05, 4.69) is 22.4 Å². The summed E-state index contributed by atoms with van der Waals surface area (Å²) in [5.74, 6) is 2.10. The molecule has 0 bridgehead atoms. The Balaban J connectivity index is 2.03. The van der Waals surface area contributed by atoms with Crippen molar-refractivity contribution in [1.82, 2.24) is 15.5 Å². The molecule has 0 radical (unpaired) electrons. The van der Waals surface area contributed by atoms with Gasteiger partial charge in [0.1, 0.15) is 0 Å². The molecule has 0 saturated heterocycles. The van der Waals surface area contributed by atoms with Gasteiger partial charge >= 0.3 is 0 Å². The van der Waals surface area contributed by atoms with Gasteiger partial charge in [0.2, 0.25) is 11.8 Å². The molecule has 0 aliphatic heterocycles. The maximum atomic E-state index is 5.88. The molecule has 1 unspecified atom stereocenters. The van der Waals surface area contributed by atoms with Crippen molar-refractivity contribution in [2.75, 3.05) is 7.05 Å². The predicted octanol–water partition coefficient (Wildman–Crippen LogP) is 3.57. The van der Waals surface area contributed by atoms with E-state index < -0.39 is 0 Å². The lowest BCUT2D eigenvalue weighted by atomic mass is 9.91. The van der Waals surface area contributed by atoms with E-state index in [1.54, 1.807) is 0 Å². The first-order valence-electron chi connectivity index (χ1n) is 7.35. The highest BCUT2D eigenvalue weighted by atomic mass is 16.4. The Kier molecular flexibility index (Phi) is 5.17. The Hall–Kier alpha value is -0.900. The fourth-order valence-electron chi connectivity index (χ4n) is 2.76. The van der Waals surface area contributed by atoms with E-state index >= 15 is 0 Å². The molecule has 102 valence electrons. The lowest BCUT2D eigenvalue weighted by Gasteiger charge is -2.16. The van der Waals surface area contributed by atoms with Gasteiger partial charge in [-0.15, -0.1) is 10.2 Å². The van der Waals surface area contributed by atoms with Crippen LogP contribution in [0.1, 0.15) is 82.0 Å². The van der Waals surface area contributed by atoms with Crippen LogP contribution in [0.3, 0.4) is 0 Å². The Morgan fingerprint density at radius 2 is 1.83 bits per heavy atom. The Labute approximate surface area is 110 Å². The van der Waals surface area contributed by atoms with Crippen LogP contribution in [0.2, 0.25) is 0 Å². The van der Waals surface area contributed by atoms with Gasteiger partial charge in [-0.25, -0.2) is 0 Å². The summed E-state index contributed by atoms with van der Waals surface area (Å²) in [6, 6.07) is 0.194. The van der Waals surface area contributed by atoms with E-state index in [1.165, 1.54) is 44.9 Å². The standard InChI is InChI=1S/C14H25N3O/c1-3-12(15-2)14-17-16-13(18-14)11-9-7-5-4-6-8-10-11/h11-12,15H,3-10H2,1-2H3. The molecular weight excluding hydrogens is 226 g/mol. The number of nitrogens with zero attached hydrogens (tertiary/aromatic N) is 2. The number of nitrogens with one attached hydrogen (secondary N) is 1. The molecule has 0 spiro atoms. The smallest absolute Gasteiger partial charge is 0.233 e. The molecule has 4 heteroatoms. The number of aromatic nitrogens is 2. The predicted molar refractivity (Wildman–Crippen MR) is 71.4 cm³/mol. The SMILES string of the molecule is CCC(NC)c1nnc(C2CCCCCCC2)o1. The van der Waals surface area contributed by atoms with Gasteiger partial charge in [0, 0.05) is 5.92 Å². The second-order valence-corrected chi connectivity index (χ2v) is 5.27. The second-order valence-electron chi connectivity index (χ2n) is 5.27. The summed E-state index contributed by atoms with van der Waals surface area (Å²) in [5, 5.41) is 11.7. The highest BCUT2D eigenvalue weighted by Gasteiger charge is 2.21. The van der Waals surface area contributed by atoms with E-state index in [-0.39, 0.29) is 6.04 Å². The average Bonchev–Trinajstić information content (AvgIpc) is 2.80. The molecule has 1 atom stereocenters. The fraction of sp³-hybridized carbons (Fsp3) is 0.857. The van der Waals surface area contributed by atoms with Gasteiger partial charge in [0.15, 0.2) is 0 Å². The number of rotatable bonds is 4. The molecule has 1 aromatic heterocycles. The molecule has 4 nitrogen and oxygen atoms in total. The van der Waals surface area contributed by atoms with Crippen molar-refractivity contribution in [3.8, 4) is 0 Å². The Bertz CT molecular complexity index is 339. The molecule has 0 aromatic carbocycles. The maximum Gasteiger partial charge on any atom is 0.233 e. The van der Waals surface area contributed by atoms with E-state index in [0.717, 1.165) is 18.2 Å². The fourth-order valence-corrected chi connectivity index (χ4v) is 2.76. The van der Waals surface area contributed by atoms with Crippen LogP contribution in [0.4, 0.5) is 0 Å². The summed E-state index contributed by atoms with van der Waals surface area (Å²) in [4.78, 5) is 0. The normalized spacial score (nSPS) is 20.3. The minimum atomic E-state index is 0.194. The zero-order chi connectivity index (χ0) is 12.8. The van der Waals surface area contributed by atoms with Crippen LogP contribution >= 0.6 is 0 Å². The lowest BCUT2D eigenvalue weighted by molar-refractivity contribution is 0.340. The van der Waals surface area contributed by atoms with Crippen molar-refractivity contribution in [1.29, 1.82) is 0 Å². The zero-order valence-electron chi connectivity index (χ0n) is 11.6. The van der Waals surface area contributed by atoms with Crippen molar-refractivity contribution in [3.05, 3.63) is 11.8 Å². The summed E-state index contributed by atoms with van der Waals surface area (Å²) in [5.41, 5.74) is 0. The third kappa shape index (κ3) is 3.31. The van der Waals surface area contributed by atoms with Gasteiger partial charge < -0.3 is 9.73 Å². The van der Waals surface area contributed by atoms with Crippen molar-refractivity contribution < 1.29 is 4.42 Å². The van der Waals surface area contributed by atoms with Gasteiger partial charge in [-0.3, -0.25) is 0 Å². The topological polar surface area (TPSA) is 51.0 Å². The molecule has 1 heterocycles. The molecule has 1 fully saturated rings. The van der Waals surface area contributed by atoms with Gasteiger partial charge in [-0.05, 0) is 26.3 Å². The minimum absolute atomic E-state index is 0.194. The largest absolute Gasteiger partial charge is 0.423 e. The van der Waals surface area contributed by atoms with E-state index in [4.69, 9.17) is 4.42 Å². The summed E-state index contributed by atoms with van der Waals surface area (Å²) < 4.78 is 5.88. The molecule has 0 amide bonds. The zero-order valence-corrected chi connectivity index (χ0v) is 11.6. The van der Waals surface area contributed by atoms with Gasteiger partial charge in [0.05, 0.1) is 6.04 Å². The summed E-state index contributed by atoms with van der Waals surface area (Å²) >= 11 is 0. The van der Waals surface area contributed by atoms with Gasteiger partial charge in [-0.1, -0.05) is 39.0 Å². The van der Waals surface area contributed by atoms with Crippen LogP contribution in [-0.2, 0) is 0 Å². The van der Waals surface area contributed by atoms with Gasteiger partial charge in [0.25, 0.3) is 0 Å². The first-order chi connectivity index (χ1) is 8.85. The van der Waals surface area contributed by atoms with Crippen LogP contribution in [0.15, 0.2) is 4.42 Å². The first-order valence-corrected chi connectivity index (χ1v) is 7.35. The molecule has 2 rings (SSSR count). The van der Waals surface area contributed by atoms with Gasteiger partial charge in [-0.2, -0.15) is 0 Å². The minimum Gasteiger partial charge on any atom is -0.423 e. The van der Waals surface area contributed by atoms with E-state index in [1.807, 2.05) is 7.05 Å². The first kappa shape index (κ1) is 13.5. The second kappa shape index (κ2) is 6.88. The monoisotopic (exact) mass is 251 g/mol. The Morgan fingerprint density at radius 1 is 1.17 bits per heavy atom. The quantitative estimate of drug-likeness (QED) is 0.888. The summed E-state index contributed by atoms with van der Waals surface area (Å²) in [6.45, 7) is 2.13. The van der Waals surface area contributed by atoms with E-state index in [0.29, 0.717) is 5.92 Å². The molecular formula is C14H25N3O. The van der Waals surface area contributed by atoms with E-state index in [9.17, 15) is 0 Å². The van der Waals surface area contributed by atoms with Crippen LogP contribution < -0.4 is 5.32 Å². The maximum absolute atomic E-state index is 5.88.